The van der Waals surface area contributed by atoms with E-state index in [1.54, 1.807) is 36.3 Å². The van der Waals surface area contributed by atoms with Gasteiger partial charge in [-0.25, -0.2) is 0 Å². The molecule has 0 aromatic heterocycles. The maximum absolute atomic E-state index is 13.5. The van der Waals surface area contributed by atoms with E-state index < -0.39 is 6.04 Å². The summed E-state index contributed by atoms with van der Waals surface area (Å²) < 4.78 is 10.8. The van der Waals surface area contributed by atoms with E-state index in [1.165, 1.54) is 0 Å². The fraction of sp³-hybridized carbons (Fsp3) is 0.286. The van der Waals surface area contributed by atoms with Crippen LogP contribution in [0.4, 0.5) is 0 Å². The van der Waals surface area contributed by atoms with Gasteiger partial charge in [0.25, 0.3) is 5.91 Å². The number of ether oxygens (including phenoxy) is 2. The number of carbonyl (C=O) groups excluding carboxylic acids is 2. The second kappa shape index (κ2) is 14.1. The molecule has 35 heavy (non-hydrogen) atoms. The molecule has 6 nitrogen and oxygen atoms in total. The second-order valence-corrected chi connectivity index (χ2v) is 8.48. The van der Waals surface area contributed by atoms with Crippen LogP contribution < -0.4 is 10.1 Å². The SMILES string of the molecule is COCCCNC(=O)C(Cc1ccccc1)N(Cc1ccccc1)C(=O)COc1ccccc1Cl. The molecule has 0 aliphatic rings. The summed E-state index contributed by atoms with van der Waals surface area (Å²) in [6.45, 7) is 1.04. The predicted octanol–water partition coefficient (Wildman–Crippen LogP) is 4.51. The zero-order valence-electron chi connectivity index (χ0n) is 19.9. The van der Waals surface area contributed by atoms with E-state index in [9.17, 15) is 9.59 Å². The highest BCUT2D eigenvalue weighted by Gasteiger charge is 2.30. The smallest absolute Gasteiger partial charge is 0.261 e. The lowest BCUT2D eigenvalue weighted by Crippen LogP contribution is -2.51. The number of hydrogen-bond acceptors (Lipinski definition) is 4. The summed E-state index contributed by atoms with van der Waals surface area (Å²) in [6, 6.07) is 25.6. The number of nitrogens with zero attached hydrogens (tertiary/aromatic N) is 1. The van der Waals surface area contributed by atoms with Crippen LogP contribution in [-0.4, -0.2) is 49.6 Å². The number of benzene rings is 3. The van der Waals surface area contributed by atoms with Crippen molar-refractivity contribution in [2.45, 2.75) is 25.4 Å². The first kappa shape index (κ1) is 26.3. The molecule has 3 aromatic carbocycles. The van der Waals surface area contributed by atoms with Crippen LogP contribution in [0.5, 0.6) is 5.75 Å². The van der Waals surface area contributed by atoms with E-state index in [1.807, 2.05) is 60.7 Å². The van der Waals surface area contributed by atoms with Crippen LogP contribution in [0, 0.1) is 0 Å². The third kappa shape index (κ3) is 8.42. The van der Waals surface area contributed by atoms with Crippen molar-refractivity contribution in [2.75, 3.05) is 26.9 Å². The zero-order valence-corrected chi connectivity index (χ0v) is 20.6. The first-order valence-electron chi connectivity index (χ1n) is 11.6. The summed E-state index contributed by atoms with van der Waals surface area (Å²) in [5.74, 6) is -0.0977. The number of methoxy groups -OCH3 is 1. The Labute approximate surface area is 211 Å². The minimum absolute atomic E-state index is 0.216. The van der Waals surface area contributed by atoms with Gasteiger partial charge >= 0.3 is 0 Å². The monoisotopic (exact) mass is 494 g/mol. The Balaban J connectivity index is 1.85. The number of halogens is 1. The Morgan fingerprint density at radius 3 is 2.20 bits per heavy atom. The fourth-order valence-electron chi connectivity index (χ4n) is 3.66. The highest BCUT2D eigenvalue weighted by molar-refractivity contribution is 6.32. The molecule has 1 N–H and O–H groups in total. The molecule has 184 valence electrons. The topological polar surface area (TPSA) is 67.9 Å². The lowest BCUT2D eigenvalue weighted by atomic mass is 10.0. The van der Waals surface area contributed by atoms with Crippen molar-refractivity contribution in [3.8, 4) is 5.75 Å². The van der Waals surface area contributed by atoms with E-state index >= 15 is 0 Å². The zero-order chi connectivity index (χ0) is 24.9. The Kier molecular flexibility index (Phi) is 10.6. The van der Waals surface area contributed by atoms with E-state index in [2.05, 4.69) is 5.32 Å². The quantitative estimate of drug-likeness (QED) is 0.355. The van der Waals surface area contributed by atoms with E-state index in [4.69, 9.17) is 21.1 Å². The Morgan fingerprint density at radius 2 is 1.54 bits per heavy atom. The van der Waals surface area contributed by atoms with Gasteiger partial charge < -0.3 is 19.7 Å². The van der Waals surface area contributed by atoms with Gasteiger partial charge in [0.2, 0.25) is 5.91 Å². The molecule has 3 aromatic rings. The van der Waals surface area contributed by atoms with Crippen molar-refractivity contribution in [3.05, 3.63) is 101 Å². The largest absolute Gasteiger partial charge is 0.482 e. The molecule has 1 atom stereocenters. The Hall–Kier alpha value is -3.35. The van der Waals surface area contributed by atoms with Crippen LogP contribution in [0.15, 0.2) is 84.9 Å². The highest BCUT2D eigenvalue weighted by atomic mass is 35.5. The second-order valence-electron chi connectivity index (χ2n) is 8.07. The molecule has 3 rings (SSSR count). The molecule has 0 bridgehead atoms. The average Bonchev–Trinajstić information content (AvgIpc) is 2.89. The highest BCUT2D eigenvalue weighted by Crippen LogP contribution is 2.23. The van der Waals surface area contributed by atoms with Crippen LogP contribution in [-0.2, 0) is 27.3 Å². The maximum Gasteiger partial charge on any atom is 0.261 e. The van der Waals surface area contributed by atoms with Crippen LogP contribution in [0.25, 0.3) is 0 Å². The molecule has 0 saturated heterocycles. The van der Waals surface area contributed by atoms with Crippen molar-refractivity contribution in [2.24, 2.45) is 0 Å². The van der Waals surface area contributed by atoms with E-state index in [0.29, 0.717) is 36.8 Å². The minimum atomic E-state index is -0.720. The van der Waals surface area contributed by atoms with Crippen LogP contribution in [0.3, 0.4) is 0 Å². The summed E-state index contributed by atoms with van der Waals surface area (Å²) >= 11 is 6.20. The molecule has 7 heteroatoms. The third-order valence-electron chi connectivity index (χ3n) is 5.48. The fourth-order valence-corrected chi connectivity index (χ4v) is 3.85. The molecule has 0 aliphatic carbocycles. The molecule has 0 heterocycles. The van der Waals surface area contributed by atoms with Gasteiger partial charge in [-0.15, -0.1) is 0 Å². The summed E-state index contributed by atoms with van der Waals surface area (Å²) in [6.07, 6.45) is 1.06. The average molecular weight is 495 g/mol. The predicted molar refractivity (Wildman–Crippen MR) is 137 cm³/mol. The van der Waals surface area contributed by atoms with Gasteiger partial charge in [0.1, 0.15) is 11.8 Å². The molecular formula is C28H31ClN2O4. The number of hydrogen-bond donors (Lipinski definition) is 1. The van der Waals surface area contributed by atoms with Crippen molar-refractivity contribution in [3.63, 3.8) is 0 Å². The van der Waals surface area contributed by atoms with Gasteiger partial charge in [-0.05, 0) is 29.7 Å². The molecule has 0 fully saturated rings. The standard InChI is InChI=1S/C28H31ClN2O4/c1-34-18-10-17-30-28(33)25(19-22-11-4-2-5-12-22)31(20-23-13-6-3-7-14-23)27(32)21-35-26-16-9-8-15-24(26)29/h2-9,11-16,25H,10,17-21H2,1H3,(H,30,33). The first-order valence-corrected chi connectivity index (χ1v) is 12.0. The summed E-state index contributed by atoms with van der Waals surface area (Å²) in [7, 11) is 1.62. The normalized spacial score (nSPS) is 11.5. The van der Waals surface area contributed by atoms with Gasteiger partial charge in [-0.3, -0.25) is 9.59 Å². The molecule has 0 radical (unpaired) electrons. The lowest BCUT2D eigenvalue weighted by molar-refractivity contribution is -0.142. The maximum atomic E-state index is 13.5. The molecule has 0 aliphatic heterocycles. The molecule has 1 unspecified atom stereocenters. The minimum Gasteiger partial charge on any atom is -0.482 e. The molecule has 0 saturated carbocycles. The molecular weight excluding hydrogens is 464 g/mol. The van der Waals surface area contributed by atoms with Crippen molar-refractivity contribution in [1.82, 2.24) is 10.2 Å². The number of para-hydroxylation sites is 1. The summed E-state index contributed by atoms with van der Waals surface area (Å²) in [5.41, 5.74) is 1.88. The number of nitrogens with one attached hydrogen (secondary N) is 1. The summed E-state index contributed by atoms with van der Waals surface area (Å²) in [4.78, 5) is 28.5. The van der Waals surface area contributed by atoms with Crippen LogP contribution in [0.2, 0.25) is 5.02 Å². The van der Waals surface area contributed by atoms with Crippen LogP contribution in [0.1, 0.15) is 17.5 Å². The first-order chi connectivity index (χ1) is 17.1. The van der Waals surface area contributed by atoms with Gasteiger partial charge in [-0.2, -0.15) is 0 Å². The molecule has 2 amide bonds. The Bertz CT molecular complexity index is 1060. The lowest BCUT2D eigenvalue weighted by Gasteiger charge is -2.31. The van der Waals surface area contributed by atoms with Gasteiger partial charge in [0.15, 0.2) is 6.61 Å². The van der Waals surface area contributed by atoms with Gasteiger partial charge in [0.05, 0.1) is 5.02 Å². The van der Waals surface area contributed by atoms with Crippen LogP contribution >= 0.6 is 11.6 Å². The van der Waals surface area contributed by atoms with E-state index in [0.717, 1.165) is 11.1 Å². The van der Waals surface area contributed by atoms with E-state index in [-0.39, 0.29) is 25.0 Å². The third-order valence-corrected chi connectivity index (χ3v) is 5.79. The van der Waals surface area contributed by atoms with Gasteiger partial charge in [-0.1, -0.05) is 84.4 Å². The number of carbonyl (C=O) groups is 2. The van der Waals surface area contributed by atoms with Crippen molar-refractivity contribution in [1.29, 1.82) is 0 Å². The van der Waals surface area contributed by atoms with Gasteiger partial charge in [0, 0.05) is 33.2 Å². The molecule has 0 spiro atoms. The summed E-state index contributed by atoms with van der Waals surface area (Å²) in [5, 5.41) is 3.39. The van der Waals surface area contributed by atoms with Crippen molar-refractivity contribution >= 4 is 23.4 Å². The number of amides is 2. The number of rotatable bonds is 13. The van der Waals surface area contributed by atoms with Crippen molar-refractivity contribution < 1.29 is 19.1 Å². The Morgan fingerprint density at radius 1 is 0.914 bits per heavy atom.